The first kappa shape index (κ1) is 19.4. The summed E-state index contributed by atoms with van der Waals surface area (Å²) in [5.41, 5.74) is 1.76. The second kappa shape index (κ2) is 8.65. The van der Waals surface area contributed by atoms with Crippen LogP contribution in [-0.2, 0) is 5.75 Å². The zero-order valence-corrected chi connectivity index (χ0v) is 16.8. The van der Waals surface area contributed by atoms with Crippen LogP contribution in [0, 0.1) is 12.7 Å². The van der Waals surface area contributed by atoms with E-state index in [1.807, 2.05) is 18.2 Å². The molecule has 0 radical (unpaired) electrons. The smallest absolute Gasteiger partial charge is 0.256 e. The van der Waals surface area contributed by atoms with Crippen molar-refractivity contribution in [3.8, 4) is 0 Å². The van der Waals surface area contributed by atoms with Crippen molar-refractivity contribution in [1.82, 2.24) is 10.1 Å². The van der Waals surface area contributed by atoms with E-state index in [0.717, 1.165) is 36.5 Å². The van der Waals surface area contributed by atoms with Crippen LogP contribution < -0.4 is 10.2 Å². The first-order valence-corrected chi connectivity index (χ1v) is 10.4. The Morgan fingerprint density at radius 2 is 2.03 bits per heavy atom. The van der Waals surface area contributed by atoms with Crippen molar-refractivity contribution >= 4 is 29.0 Å². The molecule has 29 heavy (non-hydrogen) atoms. The third-order valence-corrected chi connectivity index (χ3v) is 5.72. The molecule has 2 aromatic carbocycles. The first-order chi connectivity index (χ1) is 14.1. The Balaban J connectivity index is 1.50. The van der Waals surface area contributed by atoms with Gasteiger partial charge in [-0.1, -0.05) is 17.3 Å². The van der Waals surface area contributed by atoms with Crippen LogP contribution in [-0.4, -0.2) is 29.1 Å². The Labute approximate surface area is 172 Å². The fourth-order valence-corrected chi connectivity index (χ4v) is 4.21. The summed E-state index contributed by atoms with van der Waals surface area (Å²) in [6, 6.07) is 12.0. The minimum atomic E-state index is -0.362. The SMILES string of the molecule is Cc1noc(CSc2ccccc2C(=O)Nc2cc(F)cc(N3CCCC3)c2)n1. The van der Waals surface area contributed by atoms with Crippen LogP contribution in [0.5, 0.6) is 0 Å². The monoisotopic (exact) mass is 412 g/mol. The normalized spacial score (nSPS) is 13.7. The van der Waals surface area contributed by atoms with Gasteiger partial charge in [0.15, 0.2) is 5.82 Å². The Hall–Kier alpha value is -2.87. The summed E-state index contributed by atoms with van der Waals surface area (Å²) in [5.74, 6) is 0.894. The van der Waals surface area contributed by atoms with Crippen LogP contribution in [0.1, 0.15) is 34.9 Å². The number of carbonyl (C=O) groups excluding carboxylic acids is 1. The van der Waals surface area contributed by atoms with E-state index in [-0.39, 0.29) is 11.7 Å². The molecule has 3 aromatic rings. The van der Waals surface area contributed by atoms with Crippen LogP contribution in [0.25, 0.3) is 0 Å². The maximum absolute atomic E-state index is 14.1. The third-order valence-electron chi connectivity index (χ3n) is 4.66. The van der Waals surface area contributed by atoms with E-state index in [9.17, 15) is 9.18 Å². The van der Waals surface area contributed by atoms with Gasteiger partial charge in [0, 0.05) is 29.4 Å². The summed E-state index contributed by atoms with van der Waals surface area (Å²) in [5, 5.41) is 6.61. The lowest BCUT2D eigenvalue weighted by Gasteiger charge is -2.19. The molecule has 1 aliphatic rings. The Morgan fingerprint density at radius 1 is 1.24 bits per heavy atom. The van der Waals surface area contributed by atoms with Crippen molar-refractivity contribution in [2.24, 2.45) is 0 Å². The van der Waals surface area contributed by atoms with E-state index in [1.165, 1.54) is 23.9 Å². The molecule has 1 saturated heterocycles. The van der Waals surface area contributed by atoms with Gasteiger partial charge in [0.1, 0.15) is 5.82 Å². The molecule has 150 valence electrons. The van der Waals surface area contributed by atoms with Crippen molar-refractivity contribution in [3.05, 3.63) is 65.6 Å². The minimum absolute atomic E-state index is 0.284. The average molecular weight is 412 g/mol. The highest BCUT2D eigenvalue weighted by atomic mass is 32.2. The van der Waals surface area contributed by atoms with Crippen LogP contribution in [0.2, 0.25) is 0 Å². The quantitative estimate of drug-likeness (QED) is 0.594. The van der Waals surface area contributed by atoms with E-state index >= 15 is 0 Å². The number of thioether (sulfide) groups is 1. The molecule has 1 fully saturated rings. The second-order valence-corrected chi connectivity index (χ2v) is 7.88. The maximum atomic E-state index is 14.1. The maximum Gasteiger partial charge on any atom is 0.256 e. The fourth-order valence-electron chi connectivity index (χ4n) is 3.32. The van der Waals surface area contributed by atoms with Crippen LogP contribution in [0.4, 0.5) is 15.8 Å². The number of carbonyl (C=O) groups is 1. The number of hydrogen-bond acceptors (Lipinski definition) is 6. The van der Waals surface area contributed by atoms with Crippen LogP contribution in [0.15, 0.2) is 51.9 Å². The highest BCUT2D eigenvalue weighted by Crippen LogP contribution is 2.28. The van der Waals surface area contributed by atoms with E-state index < -0.39 is 0 Å². The highest BCUT2D eigenvalue weighted by Gasteiger charge is 2.17. The van der Waals surface area contributed by atoms with E-state index in [0.29, 0.717) is 28.7 Å². The second-order valence-electron chi connectivity index (χ2n) is 6.87. The summed E-state index contributed by atoms with van der Waals surface area (Å²) >= 11 is 1.44. The molecule has 1 N–H and O–H groups in total. The average Bonchev–Trinajstić information content (AvgIpc) is 3.38. The van der Waals surface area contributed by atoms with Gasteiger partial charge in [-0.05, 0) is 50.1 Å². The molecular weight excluding hydrogens is 391 g/mol. The van der Waals surface area contributed by atoms with Crippen molar-refractivity contribution in [1.29, 1.82) is 0 Å². The molecule has 1 aromatic heterocycles. The molecule has 1 aliphatic heterocycles. The molecule has 6 nitrogen and oxygen atoms in total. The molecule has 0 saturated carbocycles. The number of nitrogens with one attached hydrogen (secondary N) is 1. The zero-order valence-electron chi connectivity index (χ0n) is 16.0. The van der Waals surface area contributed by atoms with Gasteiger partial charge in [0.05, 0.1) is 11.3 Å². The summed E-state index contributed by atoms with van der Waals surface area (Å²) in [4.78, 5) is 20.0. The van der Waals surface area contributed by atoms with E-state index in [1.54, 1.807) is 19.1 Å². The molecule has 0 aliphatic carbocycles. The Bertz CT molecular complexity index is 1020. The van der Waals surface area contributed by atoms with Crippen molar-refractivity contribution in [2.45, 2.75) is 30.4 Å². The molecule has 0 bridgehead atoms. The predicted molar refractivity (Wildman–Crippen MR) is 111 cm³/mol. The van der Waals surface area contributed by atoms with E-state index in [2.05, 4.69) is 20.4 Å². The summed E-state index contributed by atoms with van der Waals surface area (Å²) in [7, 11) is 0. The van der Waals surface area contributed by atoms with Gasteiger partial charge in [0.2, 0.25) is 5.89 Å². The Morgan fingerprint density at radius 3 is 2.79 bits per heavy atom. The lowest BCUT2D eigenvalue weighted by atomic mass is 10.2. The lowest BCUT2D eigenvalue weighted by Crippen LogP contribution is -2.19. The number of anilines is 2. The summed E-state index contributed by atoms with van der Waals surface area (Å²) in [6.45, 7) is 3.57. The number of hydrogen-bond donors (Lipinski definition) is 1. The van der Waals surface area contributed by atoms with Gasteiger partial charge < -0.3 is 14.7 Å². The standard InChI is InChI=1S/C21H21FN4O2S/c1-14-23-20(28-25-14)13-29-19-7-3-2-6-18(19)21(27)24-16-10-15(22)11-17(12-16)26-8-4-5-9-26/h2-3,6-7,10-12H,4-5,8-9,13H2,1H3,(H,24,27). The molecule has 0 unspecified atom stereocenters. The molecule has 4 rings (SSSR count). The Kier molecular flexibility index (Phi) is 5.80. The fraction of sp³-hybridized carbons (Fsp3) is 0.286. The molecule has 0 atom stereocenters. The number of nitrogens with zero attached hydrogens (tertiary/aromatic N) is 3. The number of halogens is 1. The number of amides is 1. The van der Waals surface area contributed by atoms with Gasteiger partial charge >= 0.3 is 0 Å². The molecule has 8 heteroatoms. The lowest BCUT2D eigenvalue weighted by molar-refractivity contribution is 0.102. The number of rotatable bonds is 6. The van der Waals surface area contributed by atoms with Crippen molar-refractivity contribution in [3.63, 3.8) is 0 Å². The first-order valence-electron chi connectivity index (χ1n) is 9.46. The van der Waals surface area contributed by atoms with Gasteiger partial charge in [-0.25, -0.2) is 4.39 Å². The molecule has 2 heterocycles. The van der Waals surface area contributed by atoms with Gasteiger partial charge in [0.25, 0.3) is 5.91 Å². The van der Waals surface area contributed by atoms with Crippen molar-refractivity contribution in [2.75, 3.05) is 23.3 Å². The van der Waals surface area contributed by atoms with Crippen LogP contribution >= 0.6 is 11.8 Å². The number of aromatic nitrogens is 2. The van der Waals surface area contributed by atoms with Crippen LogP contribution in [0.3, 0.4) is 0 Å². The summed E-state index contributed by atoms with van der Waals surface area (Å²) in [6.07, 6.45) is 2.20. The summed E-state index contributed by atoms with van der Waals surface area (Å²) < 4.78 is 19.2. The zero-order chi connectivity index (χ0) is 20.2. The number of aryl methyl sites for hydroxylation is 1. The molecule has 0 spiro atoms. The number of benzene rings is 2. The van der Waals surface area contributed by atoms with Gasteiger partial charge in [-0.2, -0.15) is 4.98 Å². The molecule has 1 amide bonds. The topological polar surface area (TPSA) is 71.3 Å². The highest BCUT2D eigenvalue weighted by molar-refractivity contribution is 7.98. The van der Waals surface area contributed by atoms with E-state index in [4.69, 9.17) is 4.52 Å². The predicted octanol–water partition coefficient (Wildman–Crippen LogP) is 4.66. The van der Waals surface area contributed by atoms with Gasteiger partial charge in [-0.15, -0.1) is 11.8 Å². The van der Waals surface area contributed by atoms with Gasteiger partial charge in [-0.3, -0.25) is 4.79 Å². The molecular formula is C21H21FN4O2S. The van der Waals surface area contributed by atoms with Crippen molar-refractivity contribution < 1.29 is 13.7 Å². The largest absolute Gasteiger partial charge is 0.371 e. The minimum Gasteiger partial charge on any atom is -0.371 e. The third kappa shape index (κ3) is 4.76.